The van der Waals surface area contributed by atoms with Crippen LogP contribution in [0.25, 0.3) is 67.7 Å². The van der Waals surface area contributed by atoms with Gasteiger partial charge in [0.1, 0.15) is 16.6 Å². The summed E-state index contributed by atoms with van der Waals surface area (Å²) in [6, 6.07) is 47.9. The molecule has 0 aliphatic heterocycles. The molecule has 6 aromatic carbocycles. The lowest BCUT2D eigenvalue weighted by atomic mass is 10.1. The first-order valence-corrected chi connectivity index (χ1v) is 14.9. The number of para-hydroxylation sites is 4. The monoisotopic (exact) mass is 596 g/mol. The normalized spacial score (nSPS) is 11.5. The molecule has 0 saturated heterocycles. The van der Waals surface area contributed by atoms with Crippen LogP contribution in [0.3, 0.4) is 0 Å². The zero-order valence-corrected chi connectivity index (χ0v) is 24.4. The molecule has 3 heterocycles. The van der Waals surface area contributed by atoms with E-state index in [0.717, 1.165) is 61.5 Å². The number of anilines is 3. The molecule has 0 atom stereocenters. The van der Waals surface area contributed by atoms with Crippen LogP contribution in [0, 0.1) is 0 Å². The fourth-order valence-corrected chi connectivity index (χ4v) is 5.70. The van der Waals surface area contributed by atoms with E-state index in [4.69, 9.17) is 18.2 Å². The van der Waals surface area contributed by atoms with Gasteiger partial charge in [0.25, 0.3) is 0 Å². The van der Waals surface area contributed by atoms with Gasteiger partial charge in [0.05, 0.1) is 0 Å². The average Bonchev–Trinajstić information content (AvgIpc) is 3.86. The number of hydrogen-bond acceptors (Lipinski definition) is 7. The van der Waals surface area contributed by atoms with E-state index in [1.807, 2.05) is 115 Å². The molecule has 0 aliphatic carbocycles. The van der Waals surface area contributed by atoms with Gasteiger partial charge in [-0.3, -0.25) is 0 Å². The molecule has 0 saturated carbocycles. The summed E-state index contributed by atoms with van der Waals surface area (Å²) in [5.74, 6) is 1.75. The van der Waals surface area contributed by atoms with Crippen molar-refractivity contribution < 1.29 is 13.3 Å². The molecular formula is C39H24N4O3. The second-order valence-electron chi connectivity index (χ2n) is 10.9. The van der Waals surface area contributed by atoms with Crippen molar-refractivity contribution in [1.82, 2.24) is 15.0 Å². The van der Waals surface area contributed by atoms with Crippen LogP contribution in [0.5, 0.6) is 0 Å². The first-order chi connectivity index (χ1) is 22.7. The second kappa shape index (κ2) is 10.6. The third-order valence-electron chi connectivity index (χ3n) is 7.98. The lowest BCUT2D eigenvalue weighted by molar-refractivity contribution is 0.619. The molecule has 0 fully saturated rings. The van der Waals surface area contributed by atoms with Gasteiger partial charge < -0.3 is 18.2 Å². The molecule has 3 aromatic heterocycles. The summed E-state index contributed by atoms with van der Waals surface area (Å²) in [5, 5.41) is 0. The molecule has 0 aliphatic rings. The largest absolute Gasteiger partial charge is 0.436 e. The van der Waals surface area contributed by atoms with Crippen LogP contribution in [0.2, 0.25) is 0 Å². The Morgan fingerprint density at radius 3 is 1.28 bits per heavy atom. The highest BCUT2D eigenvalue weighted by atomic mass is 16.4. The fourth-order valence-electron chi connectivity index (χ4n) is 5.70. The van der Waals surface area contributed by atoms with Crippen LogP contribution in [0.15, 0.2) is 159 Å². The van der Waals surface area contributed by atoms with Crippen molar-refractivity contribution in [3.05, 3.63) is 146 Å². The van der Waals surface area contributed by atoms with Crippen molar-refractivity contribution >= 4 is 50.4 Å². The van der Waals surface area contributed by atoms with E-state index in [1.54, 1.807) is 0 Å². The highest BCUT2D eigenvalue weighted by Crippen LogP contribution is 2.39. The van der Waals surface area contributed by atoms with Crippen molar-refractivity contribution in [3.63, 3.8) is 0 Å². The Morgan fingerprint density at radius 2 is 0.761 bits per heavy atom. The van der Waals surface area contributed by atoms with Crippen molar-refractivity contribution in [3.8, 4) is 34.4 Å². The molecule has 0 radical (unpaired) electrons. The van der Waals surface area contributed by atoms with Crippen LogP contribution >= 0.6 is 0 Å². The number of rotatable bonds is 6. The summed E-state index contributed by atoms with van der Waals surface area (Å²) in [5.41, 5.74) is 10.2. The van der Waals surface area contributed by atoms with E-state index in [-0.39, 0.29) is 0 Å². The summed E-state index contributed by atoms with van der Waals surface area (Å²) in [4.78, 5) is 16.3. The highest BCUT2D eigenvalue weighted by molar-refractivity contribution is 5.86. The van der Waals surface area contributed by atoms with Gasteiger partial charge in [0.15, 0.2) is 16.7 Å². The molecule has 218 valence electrons. The van der Waals surface area contributed by atoms with Gasteiger partial charge in [0, 0.05) is 39.8 Å². The number of oxazole rings is 3. The Kier molecular flexibility index (Phi) is 5.99. The average molecular weight is 597 g/mol. The Morgan fingerprint density at radius 1 is 0.348 bits per heavy atom. The lowest BCUT2D eigenvalue weighted by Crippen LogP contribution is -2.09. The zero-order valence-electron chi connectivity index (χ0n) is 24.4. The maximum absolute atomic E-state index is 6.25. The van der Waals surface area contributed by atoms with Crippen LogP contribution in [0.4, 0.5) is 17.1 Å². The molecule has 0 bridgehead atoms. The lowest BCUT2D eigenvalue weighted by Gasteiger charge is -2.25. The predicted molar refractivity (Wildman–Crippen MR) is 180 cm³/mol. The summed E-state index contributed by atoms with van der Waals surface area (Å²) in [7, 11) is 0. The van der Waals surface area contributed by atoms with Gasteiger partial charge in [-0.1, -0.05) is 42.5 Å². The fraction of sp³-hybridized carbons (Fsp3) is 0. The highest BCUT2D eigenvalue weighted by Gasteiger charge is 2.18. The number of aromatic nitrogens is 3. The first-order valence-electron chi connectivity index (χ1n) is 14.9. The Balaban J connectivity index is 1.12. The van der Waals surface area contributed by atoms with Crippen LogP contribution in [-0.2, 0) is 0 Å². The summed E-state index contributed by atoms with van der Waals surface area (Å²) in [6.45, 7) is 0. The first kappa shape index (κ1) is 26.0. The van der Waals surface area contributed by atoms with Gasteiger partial charge in [-0.15, -0.1) is 0 Å². The third-order valence-corrected chi connectivity index (χ3v) is 7.98. The molecule has 46 heavy (non-hydrogen) atoms. The van der Waals surface area contributed by atoms with Crippen LogP contribution in [-0.4, -0.2) is 15.0 Å². The van der Waals surface area contributed by atoms with Crippen molar-refractivity contribution in [2.24, 2.45) is 0 Å². The van der Waals surface area contributed by atoms with E-state index in [0.29, 0.717) is 23.3 Å². The molecule has 7 heteroatoms. The molecule has 0 amide bonds. The maximum Gasteiger partial charge on any atom is 0.227 e. The quantitative estimate of drug-likeness (QED) is 0.189. The number of hydrogen-bond donors (Lipinski definition) is 0. The Bertz CT molecular complexity index is 2290. The molecule has 0 unspecified atom stereocenters. The molecule has 9 aromatic rings. The Hall–Kier alpha value is -6.47. The predicted octanol–water partition coefficient (Wildman–Crippen LogP) is 10.6. The summed E-state index contributed by atoms with van der Waals surface area (Å²) >= 11 is 0. The van der Waals surface area contributed by atoms with Crippen LogP contribution in [0.1, 0.15) is 0 Å². The minimum Gasteiger partial charge on any atom is -0.436 e. The maximum atomic E-state index is 6.25. The van der Waals surface area contributed by atoms with E-state index in [9.17, 15) is 0 Å². The molecule has 7 nitrogen and oxygen atoms in total. The van der Waals surface area contributed by atoms with E-state index in [2.05, 4.69) is 45.2 Å². The van der Waals surface area contributed by atoms with Crippen molar-refractivity contribution in [2.45, 2.75) is 0 Å². The van der Waals surface area contributed by atoms with Crippen molar-refractivity contribution in [2.75, 3.05) is 4.90 Å². The van der Waals surface area contributed by atoms with Gasteiger partial charge >= 0.3 is 0 Å². The van der Waals surface area contributed by atoms with Gasteiger partial charge in [-0.05, 0) is 97.1 Å². The smallest absolute Gasteiger partial charge is 0.227 e. The summed E-state index contributed by atoms with van der Waals surface area (Å²) in [6.07, 6.45) is 0. The summed E-state index contributed by atoms with van der Waals surface area (Å²) < 4.78 is 18.3. The topological polar surface area (TPSA) is 81.3 Å². The standard InChI is InChI=1S/C39H24N4O3/c1-2-8-25(9-3-1)37-42-33-23-22-30(24-36(33)46-37)43(28-18-14-26(15-19-28)38-40-31-10-4-6-12-34(31)44-38)29-20-16-27(17-21-29)39-41-32-11-5-7-13-35(32)45-39/h1-24H. The van der Waals surface area contributed by atoms with E-state index >= 15 is 0 Å². The zero-order chi connectivity index (χ0) is 30.5. The molecular weight excluding hydrogens is 572 g/mol. The molecule has 9 rings (SSSR count). The van der Waals surface area contributed by atoms with Gasteiger partial charge in [-0.25, -0.2) is 15.0 Å². The van der Waals surface area contributed by atoms with Crippen molar-refractivity contribution in [1.29, 1.82) is 0 Å². The van der Waals surface area contributed by atoms with E-state index in [1.165, 1.54) is 0 Å². The van der Waals surface area contributed by atoms with Crippen LogP contribution < -0.4 is 4.90 Å². The second-order valence-corrected chi connectivity index (χ2v) is 10.9. The van der Waals surface area contributed by atoms with Gasteiger partial charge in [-0.2, -0.15) is 0 Å². The minimum absolute atomic E-state index is 0.582. The van der Waals surface area contributed by atoms with Gasteiger partial charge in [0.2, 0.25) is 17.7 Å². The third kappa shape index (κ3) is 4.58. The SMILES string of the molecule is c1ccc(-c2nc3ccc(N(c4ccc(-c5nc6ccccc6o5)cc4)c4ccc(-c5nc6ccccc6o5)cc4)cc3o2)cc1. The number of fused-ring (bicyclic) bond motifs is 3. The number of nitrogens with zero attached hydrogens (tertiary/aromatic N) is 4. The molecule has 0 N–H and O–H groups in total. The minimum atomic E-state index is 0.582. The Labute approximate surface area is 263 Å². The van der Waals surface area contributed by atoms with E-state index < -0.39 is 0 Å². The molecule has 0 spiro atoms. The number of benzene rings is 6.